The zero-order chi connectivity index (χ0) is 19.2. The van der Waals surface area contributed by atoms with Crippen molar-refractivity contribution in [2.75, 3.05) is 16.4 Å². The summed E-state index contributed by atoms with van der Waals surface area (Å²) in [7, 11) is 0. The molecule has 3 aromatic rings. The minimum absolute atomic E-state index is 0.0437. The smallest absolute Gasteiger partial charge is 0.291 e. The van der Waals surface area contributed by atoms with E-state index in [0.29, 0.717) is 16.3 Å². The van der Waals surface area contributed by atoms with Gasteiger partial charge in [0.2, 0.25) is 5.91 Å². The largest absolute Gasteiger partial charge is 0.459 e. The fourth-order valence-electron chi connectivity index (χ4n) is 2.15. The van der Waals surface area contributed by atoms with Crippen LogP contribution in [0, 0.1) is 11.6 Å². The van der Waals surface area contributed by atoms with Gasteiger partial charge >= 0.3 is 0 Å². The molecule has 3 rings (SSSR count). The van der Waals surface area contributed by atoms with Crippen LogP contribution in [0.5, 0.6) is 0 Å². The first-order valence-corrected chi connectivity index (χ1v) is 8.82. The Hall–Kier alpha value is -3.13. The molecular weight excluding hydrogens is 374 g/mol. The Labute approximate surface area is 157 Å². The van der Waals surface area contributed by atoms with Gasteiger partial charge in [-0.25, -0.2) is 8.78 Å². The molecule has 2 N–H and O–H groups in total. The first-order chi connectivity index (χ1) is 13.0. The van der Waals surface area contributed by atoms with Crippen molar-refractivity contribution < 1.29 is 22.8 Å². The Morgan fingerprint density at radius 1 is 0.926 bits per heavy atom. The van der Waals surface area contributed by atoms with Crippen molar-refractivity contribution in [3.8, 4) is 0 Å². The maximum absolute atomic E-state index is 13.1. The number of carbonyl (C=O) groups excluding carboxylic acids is 2. The molecule has 2 amide bonds. The molecule has 0 atom stereocenters. The molecule has 2 aromatic carbocycles. The number of hydrogen-bond donors (Lipinski definition) is 2. The molecule has 5 nitrogen and oxygen atoms in total. The van der Waals surface area contributed by atoms with Gasteiger partial charge in [-0.3, -0.25) is 9.59 Å². The molecule has 0 aliphatic carbocycles. The molecule has 27 heavy (non-hydrogen) atoms. The van der Waals surface area contributed by atoms with Crippen LogP contribution in [-0.2, 0) is 4.79 Å². The number of anilines is 2. The fourth-order valence-corrected chi connectivity index (χ4v) is 2.87. The summed E-state index contributed by atoms with van der Waals surface area (Å²) in [6.07, 6.45) is 1.41. The average molecular weight is 388 g/mol. The van der Waals surface area contributed by atoms with Gasteiger partial charge in [-0.05, 0) is 54.6 Å². The molecule has 0 radical (unpaired) electrons. The maximum Gasteiger partial charge on any atom is 0.291 e. The maximum atomic E-state index is 13.1. The predicted octanol–water partition coefficient (Wildman–Crippen LogP) is 4.54. The molecular formula is C19H14F2N2O3S. The van der Waals surface area contributed by atoms with Crippen LogP contribution in [0.3, 0.4) is 0 Å². The van der Waals surface area contributed by atoms with Crippen molar-refractivity contribution in [3.05, 3.63) is 78.3 Å². The van der Waals surface area contributed by atoms with E-state index in [1.54, 1.807) is 36.4 Å². The molecule has 0 saturated carbocycles. The van der Waals surface area contributed by atoms with Crippen LogP contribution >= 0.6 is 11.8 Å². The summed E-state index contributed by atoms with van der Waals surface area (Å²) in [4.78, 5) is 24.3. The number of carbonyl (C=O) groups is 2. The molecule has 0 bridgehead atoms. The molecule has 138 valence electrons. The van der Waals surface area contributed by atoms with E-state index in [-0.39, 0.29) is 23.3 Å². The molecule has 0 aliphatic heterocycles. The van der Waals surface area contributed by atoms with E-state index in [4.69, 9.17) is 4.42 Å². The highest BCUT2D eigenvalue weighted by atomic mass is 32.2. The van der Waals surface area contributed by atoms with E-state index in [2.05, 4.69) is 10.6 Å². The molecule has 0 saturated heterocycles. The predicted molar refractivity (Wildman–Crippen MR) is 98.8 cm³/mol. The zero-order valence-corrected chi connectivity index (χ0v) is 14.7. The normalized spacial score (nSPS) is 10.4. The van der Waals surface area contributed by atoms with Gasteiger partial charge in [0, 0.05) is 16.3 Å². The van der Waals surface area contributed by atoms with Gasteiger partial charge in [-0.2, -0.15) is 0 Å². The minimum atomic E-state index is -0.951. The molecule has 1 heterocycles. The highest BCUT2D eigenvalue weighted by molar-refractivity contribution is 8.00. The molecule has 0 unspecified atom stereocenters. The van der Waals surface area contributed by atoms with Gasteiger partial charge in [-0.15, -0.1) is 11.8 Å². The Balaban J connectivity index is 1.50. The first kappa shape index (κ1) is 18.7. The van der Waals surface area contributed by atoms with Gasteiger partial charge < -0.3 is 15.1 Å². The lowest BCUT2D eigenvalue weighted by Gasteiger charge is -2.07. The van der Waals surface area contributed by atoms with Crippen molar-refractivity contribution >= 4 is 35.0 Å². The van der Waals surface area contributed by atoms with E-state index >= 15 is 0 Å². The number of amides is 2. The van der Waals surface area contributed by atoms with E-state index in [1.807, 2.05) is 0 Å². The minimum Gasteiger partial charge on any atom is -0.459 e. The second kappa shape index (κ2) is 8.50. The van der Waals surface area contributed by atoms with E-state index in [1.165, 1.54) is 12.3 Å². The van der Waals surface area contributed by atoms with Crippen LogP contribution in [-0.4, -0.2) is 17.6 Å². The zero-order valence-electron chi connectivity index (χ0n) is 13.9. The third-order valence-electron chi connectivity index (χ3n) is 3.43. The average Bonchev–Trinajstić information content (AvgIpc) is 3.19. The van der Waals surface area contributed by atoms with Crippen LogP contribution in [0.2, 0.25) is 0 Å². The van der Waals surface area contributed by atoms with Crippen molar-refractivity contribution in [1.29, 1.82) is 0 Å². The van der Waals surface area contributed by atoms with Crippen LogP contribution < -0.4 is 10.6 Å². The van der Waals surface area contributed by atoms with Crippen molar-refractivity contribution in [1.82, 2.24) is 0 Å². The highest BCUT2D eigenvalue weighted by Crippen LogP contribution is 2.21. The third kappa shape index (κ3) is 5.18. The monoisotopic (exact) mass is 388 g/mol. The first-order valence-electron chi connectivity index (χ1n) is 7.84. The van der Waals surface area contributed by atoms with Gasteiger partial charge in [0.05, 0.1) is 12.0 Å². The number of rotatable bonds is 6. The number of halogens is 2. The Bertz CT molecular complexity index is 944. The molecule has 0 spiro atoms. The van der Waals surface area contributed by atoms with Crippen LogP contribution in [0.1, 0.15) is 10.6 Å². The Morgan fingerprint density at radius 3 is 2.26 bits per heavy atom. The summed E-state index contributed by atoms with van der Waals surface area (Å²) in [5.41, 5.74) is 1.09. The summed E-state index contributed by atoms with van der Waals surface area (Å²) in [5.74, 6) is -2.31. The fraction of sp³-hybridized carbons (Fsp3) is 0.0526. The second-order valence-electron chi connectivity index (χ2n) is 5.42. The van der Waals surface area contributed by atoms with Gasteiger partial charge in [-0.1, -0.05) is 0 Å². The topological polar surface area (TPSA) is 71.3 Å². The van der Waals surface area contributed by atoms with Crippen molar-refractivity contribution in [2.24, 2.45) is 0 Å². The van der Waals surface area contributed by atoms with Gasteiger partial charge in [0.1, 0.15) is 0 Å². The number of benzene rings is 2. The lowest BCUT2D eigenvalue weighted by atomic mass is 10.2. The lowest BCUT2D eigenvalue weighted by molar-refractivity contribution is -0.113. The van der Waals surface area contributed by atoms with Gasteiger partial charge in [0.15, 0.2) is 17.4 Å². The Morgan fingerprint density at radius 2 is 1.63 bits per heavy atom. The van der Waals surface area contributed by atoms with Crippen LogP contribution in [0.4, 0.5) is 20.2 Å². The van der Waals surface area contributed by atoms with E-state index < -0.39 is 11.6 Å². The summed E-state index contributed by atoms with van der Waals surface area (Å²) < 4.78 is 31.0. The second-order valence-corrected chi connectivity index (χ2v) is 6.47. The third-order valence-corrected chi connectivity index (χ3v) is 4.43. The standard InChI is InChI=1S/C19H14F2N2O3S/c20-15-8-7-14(10-16(15)21)27-11-18(24)22-12-3-5-13(6-4-12)23-19(25)17-2-1-9-26-17/h1-10H,11H2,(H,22,24)(H,23,25). The van der Waals surface area contributed by atoms with Crippen molar-refractivity contribution in [3.63, 3.8) is 0 Å². The highest BCUT2D eigenvalue weighted by Gasteiger charge is 2.09. The summed E-state index contributed by atoms with van der Waals surface area (Å²) in [5, 5.41) is 5.35. The van der Waals surface area contributed by atoms with Crippen molar-refractivity contribution in [2.45, 2.75) is 4.90 Å². The van der Waals surface area contributed by atoms with Crippen LogP contribution in [0.15, 0.2) is 70.2 Å². The molecule has 1 aromatic heterocycles. The summed E-state index contributed by atoms with van der Waals surface area (Å²) >= 11 is 1.09. The lowest BCUT2D eigenvalue weighted by Crippen LogP contribution is -2.14. The van der Waals surface area contributed by atoms with Crippen LogP contribution in [0.25, 0.3) is 0 Å². The van der Waals surface area contributed by atoms with Gasteiger partial charge in [0.25, 0.3) is 5.91 Å². The van der Waals surface area contributed by atoms with E-state index in [9.17, 15) is 18.4 Å². The SMILES string of the molecule is O=C(CSc1ccc(F)c(F)c1)Nc1ccc(NC(=O)c2ccco2)cc1. The summed E-state index contributed by atoms with van der Waals surface area (Å²) in [6, 6.07) is 13.2. The Kier molecular flexibility index (Phi) is 5.87. The molecule has 0 fully saturated rings. The van der Waals surface area contributed by atoms with E-state index in [0.717, 1.165) is 23.9 Å². The quantitative estimate of drug-likeness (QED) is 0.608. The number of thioether (sulfide) groups is 1. The number of nitrogens with one attached hydrogen (secondary N) is 2. The molecule has 0 aliphatic rings. The number of furan rings is 1. The summed E-state index contributed by atoms with van der Waals surface area (Å²) in [6.45, 7) is 0. The molecule has 8 heteroatoms. The number of hydrogen-bond acceptors (Lipinski definition) is 4.